The highest BCUT2D eigenvalue weighted by Crippen LogP contribution is 2.17. The number of hydrogen-bond donors (Lipinski definition) is 0. The van der Waals surface area contributed by atoms with Crippen molar-refractivity contribution in [1.82, 2.24) is 4.57 Å². The fraction of sp³-hybridized carbons (Fsp3) is 0.167. The first kappa shape index (κ1) is 16.4. The molecule has 5 nitrogen and oxygen atoms in total. The fourth-order valence-electron chi connectivity index (χ4n) is 2.49. The molecule has 6 heteroatoms. The third-order valence-corrected chi connectivity index (χ3v) is 4.33. The molecule has 0 amide bonds. The van der Waals surface area contributed by atoms with Gasteiger partial charge in [0, 0.05) is 28.6 Å². The van der Waals surface area contributed by atoms with Crippen molar-refractivity contribution in [3.8, 4) is 0 Å². The summed E-state index contributed by atoms with van der Waals surface area (Å²) in [4.78, 5) is 35.6. The lowest BCUT2D eigenvalue weighted by Gasteiger charge is -2.03. The van der Waals surface area contributed by atoms with Gasteiger partial charge in [0.2, 0.25) is 0 Å². The summed E-state index contributed by atoms with van der Waals surface area (Å²) in [5, 5.41) is 0. The molecular formula is C18H14BrNO4. The minimum atomic E-state index is -0.533. The minimum absolute atomic E-state index is 0.0518. The van der Waals surface area contributed by atoms with Gasteiger partial charge in [0.1, 0.15) is 0 Å². The van der Waals surface area contributed by atoms with E-state index in [0.717, 1.165) is 4.47 Å². The summed E-state index contributed by atoms with van der Waals surface area (Å²) in [6.45, 7) is 1.67. The normalized spacial score (nSPS) is 10.9. The highest BCUT2D eigenvalue weighted by Gasteiger charge is 2.13. The number of fused-ring (bicyclic) bond motifs is 1. The summed E-state index contributed by atoms with van der Waals surface area (Å²) < 4.78 is 7.49. The summed E-state index contributed by atoms with van der Waals surface area (Å²) in [5.41, 5.74) is 2.00. The van der Waals surface area contributed by atoms with Crippen molar-refractivity contribution in [2.24, 2.45) is 0 Å². The Morgan fingerprint density at radius 2 is 1.75 bits per heavy atom. The van der Waals surface area contributed by atoms with E-state index in [4.69, 9.17) is 4.42 Å². The van der Waals surface area contributed by atoms with Gasteiger partial charge in [-0.25, -0.2) is 4.79 Å². The molecule has 122 valence electrons. The molecule has 1 aromatic heterocycles. The molecule has 0 atom stereocenters. The molecule has 0 spiro atoms. The molecule has 3 rings (SSSR count). The van der Waals surface area contributed by atoms with Crippen LogP contribution >= 0.6 is 15.9 Å². The summed E-state index contributed by atoms with van der Waals surface area (Å²) >= 11 is 3.32. The lowest BCUT2D eigenvalue weighted by Crippen LogP contribution is -2.16. The van der Waals surface area contributed by atoms with Gasteiger partial charge in [-0.3, -0.25) is 14.2 Å². The Morgan fingerprint density at radius 3 is 2.42 bits per heavy atom. The summed E-state index contributed by atoms with van der Waals surface area (Å²) in [6, 6.07) is 11.9. The van der Waals surface area contributed by atoms with Gasteiger partial charge in [-0.2, -0.15) is 0 Å². The lowest BCUT2D eigenvalue weighted by molar-refractivity contribution is 0.0975. The van der Waals surface area contributed by atoms with Crippen molar-refractivity contribution < 1.29 is 14.0 Å². The highest BCUT2D eigenvalue weighted by atomic mass is 79.9. The van der Waals surface area contributed by atoms with Crippen molar-refractivity contribution in [1.29, 1.82) is 0 Å². The summed E-state index contributed by atoms with van der Waals surface area (Å²) in [6.07, 6.45) is 0.185. The number of aromatic nitrogens is 1. The second-order valence-corrected chi connectivity index (χ2v) is 6.35. The molecule has 1 heterocycles. The van der Waals surface area contributed by atoms with Crippen LogP contribution in [-0.4, -0.2) is 16.1 Å². The highest BCUT2D eigenvalue weighted by molar-refractivity contribution is 9.10. The quantitative estimate of drug-likeness (QED) is 0.623. The van der Waals surface area contributed by atoms with Crippen LogP contribution in [0.4, 0.5) is 0 Å². The summed E-state index contributed by atoms with van der Waals surface area (Å²) in [7, 11) is 0. The van der Waals surface area contributed by atoms with Crippen LogP contribution < -0.4 is 5.76 Å². The Morgan fingerprint density at radius 1 is 1.08 bits per heavy atom. The SMILES string of the molecule is CC(=O)c1ccc2c(c1)oc(=O)n2CCC(=O)c1ccc(Br)cc1. The molecule has 0 radical (unpaired) electrons. The zero-order chi connectivity index (χ0) is 17.3. The van der Waals surface area contributed by atoms with E-state index in [1.807, 2.05) is 0 Å². The molecule has 2 aromatic carbocycles. The Kier molecular flexibility index (Phi) is 4.49. The Labute approximate surface area is 146 Å². The van der Waals surface area contributed by atoms with E-state index in [1.54, 1.807) is 42.5 Å². The number of nitrogens with zero attached hydrogens (tertiary/aromatic N) is 1. The zero-order valence-electron chi connectivity index (χ0n) is 12.9. The largest absolute Gasteiger partial charge is 0.419 e. The van der Waals surface area contributed by atoms with Crippen molar-refractivity contribution in [2.75, 3.05) is 0 Å². The van der Waals surface area contributed by atoms with Crippen LogP contribution in [-0.2, 0) is 6.54 Å². The molecule has 0 N–H and O–H groups in total. The maximum Gasteiger partial charge on any atom is 0.419 e. The van der Waals surface area contributed by atoms with Gasteiger partial charge < -0.3 is 4.42 Å². The van der Waals surface area contributed by atoms with E-state index < -0.39 is 5.76 Å². The number of Topliss-reactive ketones (excluding diaryl/α,β-unsaturated/α-hetero) is 2. The van der Waals surface area contributed by atoms with Gasteiger partial charge in [-0.1, -0.05) is 28.1 Å². The number of oxazole rings is 1. The van der Waals surface area contributed by atoms with Gasteiger partial charge in [0.15, 0.2) is 17.1 Å². The second kappa shape index (κ2) is 6.57. The molecule has 0 fully saturated rings. The van der Waals surface area contributed by atoms with Crippen molar-refractivity contribution in [3.63, 3.8) is 0 Å². The minimum Gasteiger partial charge on any atom is -0.408 e. The standard InChI is InChI=1S/C18H14BrNO4/c1-11(21)13-4-7-15-17(10-13)24-18(23)20(15)9-8-16(22)12-2-5-14(19)6-3-12/h2-7,10H,8-9H2,1H3. The van der Waals surface area contributed by atoms with Crippen molar-refractivity contribution in [3.05, 3.63) is 68.6 Å². The van der Waals surface area contributed by atoms with Crippen molar-refractivity contribution in [2.45, 2.75) is 19.9 Å². The Bertz CT molecular complexity index is 982. The molecular weight excluding hydrogens is 374 g/mol. The van der Waals surface area contributed by atoms with Crippen LogP contribution in [0.2, 0.25) is 0 Å². The first-order valence-corrected chi connectivity index (χ1v) is 8.18. The number of aryl methyl sites for hydroxylation is 1. The monoisotopic (exact) mass is 387 g/mol. The van der Waals surface area contributed by atoms with Crippen LogP contribution in [0.15, 0.2) is 56.1 Å². The topological polar surface area (TPSA) is 69.3 Å². The number of hydrogen-bond acceptors (Lipinski definition) is 4. The molecule has 0 aliphatic carbocycles. The summed E-state index contributed by atoms with van der Waals surface area (Å²) in [5.74, 6) is -0.684. The second-order valence-electron chi connectivity index (χ2n) is 5.44. The number of benzene rings is 2. The molecule has 0 saturated heterocycles. The van der Waals surface area contributed by atoms with Gasteiger partial charge in [0.25, 0.3) is 0 Å². The van der Waals surface area contributed by atoms with Crippen LogP contribution in [0.25, 0.3) is 11.1 Å². The smallest absolute Gasteiger partial charge is 0.408 e. The number of carbonyl (C=O) groups excluding carboxylic acids is 2. The molecule has 0 aliphatic rings. The number of halogens is 1. The van der Waals surface area contributed by atoms with Crippen LogP contribution in [0.5, 0.6) is 0 Å². The predicted molar refractivity (Wildman–Crippen MR) is 93.6 cm³/mol. The maximum atomic E-state index is 12.2. The molecule has 0 unspecified atom stereocenters. The third kappa shape index (κ3) is 3.23. The zero-order valence-corrected chi connectivity index (χ0v) is 14.5. The van der Waals surface area contributed by atoms with Crippen molar-refractivity contribution >= 4 is 38.6 Å². The maximum absolute atomic E-state index is 12.2. The average molecular weight is 388 g/mol. The van der Waals surface area contributed by atoms with E-state index in [2.05, 4.69) is 15.9 Å². The van der Waals surface area contributed by atoms with Gasteiger partial charge in [-0.05, 0) is 37.3 Å². The number of rotatable bonds is 5. The first-order chi connectivity index (χ1) is 11.5. The van der Waals surface area contributed by atoms with Gasteiger partial charge in [-0.15, -0.1) is 0 Å². The van der Waals surface area contributed by atoms with E-state index in [9.17, 15) is 14.4 Å². The van der Waals surface area contributed by atoms with E-state index in [1.165, 1.54) is 11.5 Å². The Hall–Kier alpha value is -2.47. The van der Waals surface area contributed by atoms with Gasteiger partial charge in [0.05, 0.1) is 5.52 Å². The first-order valence-electron chi connectivity index (χ1n) is 7.39. The molecule has 24 heavy (non-hydrogen) atoms. The fourth-order valence-corrected chi connectivity index (χ4v) is 2.75. The molecule has 0 aliphatic heterocycles. The Balaban J connectivity index is 1.83. The molecule has 0 saturated carbocycles. The predicted octanol–water partition coefficient (Wildman–Crippen LogP) is 3.83. The third-order valence-electron chi connectivity index (χ3n) is 3.80. The molecule has 3 aromatic rings. The van der Waals surface area contributed by atoms with Crippen LogP contribution in [0.3, 0.4) is 0 Å². The van der Waals surface area contributed by atoms with Crippen LogP contribution in [0.1, 0.15) is 34.1 Å². The number of ketones is 2. The van der Waals surface area contributed by atoms with E-state index >= 15 is 0 Å². The molecule has 0 bridgehead atoms. The van der Waals surface area contributed by atoms with E-state index in [-0.39, 0.29) is 24.5 Å². The van der Waals surface area contributed by atoms with E-state index in [0.29, 0.717) is 22.2 Å². The lowest BCUT2D eigenvalue weighted by atomic mass is 10.1. The van der Waals surface area contributed by atoms with Gasteiger partial charge >= 0.3 is 5.76 Å². The average Bonchev–Trinajstić information content (AvgIpc) is 2.87. The number of carbonyl (C=O) groups is 2. The van der Waals surface area contributed by atoms with Crippen LogP contribution in [0, 0.1) is 0 Å².